The lowest BCUT2D eigenvalue weighted by Crippen LogP contribution is -2.46. The van der Waals surface area contributed by atoms with E-state index in [1.54, 1.807) is 23.6 Å². The number of hydrogen-bond donors (Lipinski definition) is 1. The lowest BCUT2D eigenvalue weighted by molar-refractivity contribution is -0.0471. The summed E-state index contributed by atoms with van der Waals surface area (Å²) >= 11 is 6.17. The number of rotatable bonds is 6. The van der Waals surface area contributed by atoms with Crippen LogP contribution in [0.15, 0.2) is 35.6 Å². The molecule has 0 bridgehead atoms. The molecule has 198 valence electrons. The van der Waals surface area contributed by atoms with E-state index in [0.29, 0.717) is 40.4 Å². The van der Waals surface area contributed by atoms with Crippen molar-refractivity contribution in [3.8, 4) is 0 Å². The number of nitrogens with one attached hydrogen (secondary N) is 1. The molecule has 1 aliphatic rings. The van der Waals surface area contributed by atoms with Gasteiger partial charge in [-0.3, -0.25) is 14.2 Å². The van der Waals surface area contributed by atoms with Gasteiger partial charge >= 0.3 is 15.5 Å². The summed E-state index contributed by atoms with van der Waals surface area (Å²) in [6, 6.07) is 5.69. The van der Waals surface area contributed by atoms with Crippen molar-refractivity contribution in [1.82, 2.24) is 19.0 Å². The number of carbonyl (C=O) groups is 1. The zero-order valence-corrected chi connectivity index (χ0v) is 21.1. The second kappa shape index (κ2) is 9.82. The maximum atomic E-state index is 14.8. The first-order chi connectivity index (χ1) is 17.3. The number of benzene rings is 1. The number of fused-ring (bicyclic) bond motifs is 1. The molecule has 0 aliphatic carbocycles. The Morgan fingerprint density at radius 3 is 2.54 bits per heavy atom. The Hall–Kier alpha value is -3.39. The van der Waals surface area contributed by atoms with Crippen LogP contribution in [0.1, 0.15) is 34.2 Å². The number of anilines is 1. The minimum atomic E-state index is -5.57. The number of aromatic nitrogens is 2. The molecule has 3 heterocycles. The van der Waals surface area contributed by atoms with E-state index in [1.165, 1.54) is 12.1 Å². The van der Waals surface area contributed by atoms with Crippen molar-refractivity contribution in [2.45, 2.75) is 32.3 Å². The average molecular weight is 561 g/mol. The molecule has 0 unspecified atom stereocenters. The highest BCUT2D eigenvalue weighted by molar-refractivity contribution is 7.90. The van der Waals surface area contributed by atoms with Gasteiger partial charge in [0.15, 0.2) is 0 Å². The minimum absolute atomic E-state index is 0.0140. The number of pyridine rings is 1. The molecule has 0 spiro atoms. The van der Waals surface area contributed by atoms with E-state index >= 15 is 0 Å². The molecule has 0 radical (unpaired) electrons. The Morgan fingerprint density at radius 1 is 1.22 bits per heavy atom. The number of alkyl halides is 3. The second-order valence-corrected chi connectivity index (χ2v) is 10.5. The zero-order valence-electron chi connectivity index (χ0n) is 19.6. The number of sulfonamides is 1. The summed E-state index contributed by atoms with van der Waals surface area (Å²) in [6.07, 6.45) is 2.71. The molecule has 2 aromatic heterocycles. The van der Waals surface area contributed by atoms with Crippen molar-refractivity contribution in [3.63, 3.8) is 0 Å². The molecule has 15 heteroatoms. The Bertz CT molecular complexity index is 1510. The predicted octanol–water partition coefficient (Wildman–Crippen LogP) is 3.84. The summed E-state index contributed by atoms with van der Waals surface area (Å²) in [7, 11) is -5.57. The van der Waals surface area contributed by atoms with Crippen LogP contribution >= 0.6 is 11.6 Å². The second-order valence-electron chi connectivity index (χ2n) is 8.18. The molecule has 0 atom stereocenters. The SMILES string of the molecule is CCc1nc2cc(Cl)c(C)cn2c1C(=O)NCc1ccc(N2CCN(S(=O)(=O)C(F)(F)F)C=N2)c(F)c1. The van der Waals surface area contributed by atoms with Gasteiger partial charge in [0.05, 0.1) is 24.5 Å². The maximum Gasteiger partial charge on any atom is 0.516 e. The van der Waals surface area contributed by atoms with Gasteiger partial charge in [0, 0.05) is 23.8 Å². The number of hydrazone groups is 1. The van der Waals surface area contributed by atoms with Crippen molar-refractivity contribution >= 4 is 45.2 Å². The van der Waals surface area contributed by atoms with E-state index in [-0.39, 0.29) is 23.1 Å². The van der Waals surface area contributed by atoms with Gasteiger partial charge in [0.25, 0.3) is 5.91 Å². The molecule has 4 rings (SSSR count). The van der Waals surface area contributed by atoms with Crippen LogP contribution in [0.25, 0.3) is 5.65 Å². The fourth-order valence-corrected chi connectivity index (χ4v) is 4.66. The molecule has 1 aliphatic heterocycles. The summed E-state index contributed by atoms with van der Waals surface area (Å²) in [5.41, 5.74) is -2.90. The Morgan fingerprint density at radius 2 is 1.95 bits per heavy atom. The molecule has 1 amide bonds. The van der Waals surface area contributed by atoms with Crippen LogP contribution in [0.4, 0.5) is 23.2 Å². The van der Waals surface area contributed by atoms with E-state index < -0.39 is 33.8 Å². The van der Waals surface area contributed by atoms with Crippen LogP contribution < -0.4 is 10.3 Å². The van der Waals surface area contributed by atoms with E-state index in [2.05, 4.69) is 15.4 Å². The van der Waals surface area contributed by atoms with Crippen LogP contribution in [0.3, 0.4) is 0 Å². The number of hydrogen-bond acceptors (Lipinski definition) is 6. The van der Waals surface area contributed by atoms with Gasteiger partial charge in [-0.1, -0.05) is 24.6 Å². The van der Waals surface area contributed by atoms with Crippen molar-refractivity contribution < 1.29 is 30.8 Å². The van der Waals surface area contributed by atoms with Gasteiger partial charge in [-0.2, -0.15) is 26.7 Å². The third kappa shape index (κ3) is 5.07. The van der Waals surface area contributed by atoms with Crippen LogP contribution in [0.2, 0.25) is 5.02 Å². The van der Waals surface area contributed by atoms with Crippen molar-refractivity contribution in [2.24, 2.45) is 5.10 Å². The maximum absolute atomic E-state index is 14.8. The lowest BCUT2D eigenvalue weighted by atomic mass is 10.1. The molecule has 0 saturated heterocycles. The number of nitrogens with zero attached hydrogens (tertiary/aromatic N) is 5. The number of imidazole rings is 1. The topological polar surface area (TPSA) is 99.4 Å². The molecule has 9 nitrogen and oxygen atoms in total. The Balaban J connectivity index is 1.48. The first-order valence-electron chi connectivity index (χ1n) is 11.0. The van der Waals surface area contributed by atoms with E-state index in [1.807, 2.05) is 6.92 Å². The largest absolute Gasteiger partial charge is 0.516 e. The number of carbonyl (C=O) groups excluding carboxylic acids is 1. The van der Waals surface area contributed by atoms with Crippen molar-refractivity contribution in [3.05, 3.63) is 63.8 Å². The normalized spacial score (nSPS) is 14.5. The smallest absolute Gasteiger partial charge is 0.347 e. The number of amides is 1. The molecule has 0 saturated carbocycles. The summed E-state index contributed by atoms with van der Waals surface area (Å²) in [4.78, 5) is 17.4. The molecule has 1 N–H and O–H groups in total. The van der Waals surface area contributed by atoms with Gasteiger partial charge in [0.1, 0.15) is 23.5 Å². The Labute approximate surface area is 214 Å². The van der Waals surface area contributed by atoms with Crippen LogP contribution in [0.5, 0.6) is 0 Å². The van der Waals surface area contributed by atoms with Gasteiger partial charge in [-0.05, 0) is 36.6 Å². The van der Waals surface area contributed by atoms with Gasteiger partial charge < -0.3 is 5.32 Å². The fourth-order valence-electron chi connectivity index (χ4n) is 3.76. The Kier molecular flexibility index (Phi) is 7.08. The number of aryl methyl sites for hydroxylation is 2. The summed E-state index contributed by atoms with van der Waals surface area (Å²) in [5, 5.41) is 7.97. The molecule has 0 fully saturated rings. The molecule has 1 aromatic carbocycles. The van der Waals surface area contributed by atoms with E-state index in [9.17, 15) is 30.8 Å². The van der Waals surface area contributed by atoms with E-state index in [4.69, 9.17) is 11.6 Å². The quantitative estimate of drug-likeness (QED) is 0.462. The highest BCUT2D eigenvalue weighted by Crippen LogP contribution is 2.28. The summed E-state index contributed by atoms with van der Waals surface area (Å²) in [6.45, 7) is 2.79. The monoisotopic (exact) mass is 560 g/mol. The van der Waals surface area contributed by atoms with Gasteiger partial charge in [-0.25, -0.2) is 13.7 Å². The first kappa shape index (κ1) is 26.7. The average Bonchev–Trinajstić information content (AvgIpc) is 3.19. The predicted molar refractivity (Wildman–Crippen MR) is 129 cm³/mol. The van der Waals surface area contributed by atoms with Crippen LogP contribution in [-0.2, 0) is 23.0 Å². The lowest BCUT2D eigenvalue weighted by Gasteiger charge is -2.29. The first-order valence-corrected chi connectivity index (χ1v) is 12.8. The highest BCUT2D eigenvalue weighted by atomic mass is 35.5. The molecule has 3 aromatic rings. The fraction of sp³-hybridized carbons (Fsp3) is 0.318. The van der Waals surface area contributed by atoms with Crippen LogP contribution in [-0.4, -0.2) is 53.0 Å². The van der Waals surface area contributed by atoms with Gasteiger partial charge in [0.2, 0.25) is 0 Å². The van der Waals surface area contributed by atoms with Crippen LogP contribution in [0, 0.1) is 12.7 Å². The molecular formula is C22H21ClF4N6O3S. The highest BCUT2D eigenvalue weighted by Gasteiger charge is 2.50. The summed E-state index contributed by atoms with van der Waals surface area (Å²) in [5.74, 6) is -1.16. The third-order valence-electron chi connectivity index (χ3n) is 5.71. The van der Waals surface area contributed by atoms with E-state index in [0.717, 1.165) is 16.6 Å². The molecular weight excluding hydrogens is 540 g/mol. The zero-order chi connectivity index (χ0) is 27.1. The van der Waals surface area contributed by atoms with Crippen molar-refractivity contribution in [1.29, 1.82) is 0 Å². The number of halogens is 5. The third-order valence-corrected chi connectivity index (χ3v) is 7.60. The standard InChI is InChI=1S/C22H21ClF4N6O3S/c1-3-17-20(32-11-13(2)15(23)9-19(32)30-17)21(34)28-10-14-4-5-18(16(24)8-14)33-7-6-31(12-29-33)37(35,36)22(25,26)27/h4-5,8-9,11-12H,3,6-7,10H2,1-2H3,(H,28,34). The van der Waals surface area contributed by atoms with Gasteiger partial charge in [-0.15, -0.1) is 0 Å². The molecule has 37 heavy (non-hydrogen) atoms. The van der Waals surface area contributed by atoms with Crippen molar-refractivity contribution in [2.75, 3.05) is 18.1 Å². The summed E-state index contributed by atoms with van der Waals surface area (Å²) < 4.78 is 77.6. The minimum Gasteiger partial charge on any atom is -0.347 e.